The lowest BCUT2D eigenvalue weighted by Gasteiger charge is -2.09. The summed E-state index contributed by atoms with van der Waals surface area (Å²) in [6, 6.07) is 12.3. The van der Waals surface area contributed by atoms with Crippen molar-refractivity contribution < 1.29 is 9.18 Å². The number of nitrogens with one attached hydrogen (secondary N) is 1. The Labute approximate surface area is 148 Å². The average molecular weight is 343 g/mol. The van der Waals surface area contributed by atoms with E-state index in [1.807, 2.05) is 30.3 Å². The van der Waals surface area contributed by atoms with Crippen LogP contribution < -0.4 is 5.73 Å². The molecular formula is C21H14FN3O. The predicted octanol–water partition coefficient (Wildman–Crippen LogP) is 3.53. The number of nitrogens with two attached hydrogens (primary N) is 1. The van der Waals surface area contributed by atoms with E-state index in [9.17, 15) is 9.18 Å². The van der Waals surface area contributed by atoms with Gasteiger partial charge < -0.3 is 10.7 Å². The Balaban J connectivity index is 1.98. The maximum atomic E-state index is 14.9. The van der Waals surface area contributed by atoms with E-state index in [0.717, 1.165) is 16.5 Å². The minimum Gasteiger partial charge on any atom is -0.366 e. The van der Waals surface area contributed by atoms with Gasteiger partial charge in [0.15, 0.2) is 0 Å². The maximum Gasteiger partial charge on any atom is 0.250 e. The molecule has 0 radical (unpaired) electrons. The summed E-state index contributed by atoms with van der Waals surface area (Å²) in [7, 11) is 0. The molecule has 0 atom stereocenters. The Morgan fingerprint density at radius 3 is 2.77 bits per heavy atom. The van der Waals surface area contributed by atoms with Gasteiger partial charge in [-0.2, -0.15) is 0 Å². The molecule has 0 fully saturated rings. The monoisotopic (exact) mass is 343 g/mol. The van der Waals surface area contributed by atoms with Crippen LogP contribution in [0.3, 0.4) is 0 Å². The number of amides is 1. The zero-order chi connectivity index (χ0) is 18.3. The lowest BCUT2D eigenvalue weighted by atomic mass is 9.97. The molecule has 4 aromatic rings. The van der Waals surface area contributed by atoms with Crippen molar-refractivity contribution in [1.82, 2.24) is 9.97 Å². The molecule has 0 saturated heterocycles. The molecule has 0 spiro atoms. The molecule has 0 aliphatic rings. The van der Waals surface area contributed by atoms with Crippen LogP contribution in [0.1, 0.15) is 27.2 Å². The summed E-state index contributed by atoms with van der Waals surface area (Å²) in [5, 5.41) is 1.50. The van der Waals surface area contributed by atoms with Crippen molar-refractivity contribution in [3.63, 3.8) is 0 Å². The van der Waals surface area contributed by atoms with Crippen molar-refractivity contribution in [3.05, 3.63) is 76.9 Å². The van der Waals surface area contributed by atoms with Crippen LogP contribution in [-0.2, 0) is 6.42 Å². The Morgan fingerprint density at radius 2 is 2.08 bits per heavy atom. The van der Waals surface area contributed by atoms with Crippen LogP contribution in [0.15, 0.2) is 48.7 Å². The van der Waals surface area contributed by atoms with Crippen molar-refractivity contribution in [1.29, 1.82) is 0 Å². The maximum absolute atomic E-state index is 14.9. The minimum absolute atomic E-state index is 0.137. The van der Waals surface area contributed by atoms with Gasteiger partial charge in [-0.3, -0.25) is 4.79 Å². The molecule has 3 N–H and O–H groups in total. The zero-order valence-electron chi connectivity index (χ0n) is 13.7. The van der Waals surface area contributed by atoms with Gasteiger partial charge in [0.05, 0.1) is 11.1 Å². The first-order chi connectivity index (χ1) is 12.6. The van der Waals surface area contributed by atoms with Crippen molar-refractivity contribution in [2.24, 2.45) is 5.73 Å². The van der Waals surface area contributed by atoms with Crippen molar-refractivity contribution >= 4 is 27.7 Å². The van der Waals surface area contributed by atoms with Crippen LogP contribution in [0, 0.1) is 18.2 Å². The SMILES string of the molecule is C#Cc1ccc(Cc2c(F)cc(C(N)=O)c3[nH]c4ccccc4c23)cn1. The number of para-hydroxylation sites is 1. The number of carbonyl (C=O) groups is 1. The number of carbonyl (C=O) groups excluding carboxylic acids is 1. The van der Waals surface area contributed by atoms with E-state index in [1.54, 1.807) is 12.3 Å². The summed E-state index contributed by atoms with van der Waals surface area (Å²) >= 11 is 0. The second kappa shape index (κ2) is 6.01. The number of hydrogen-bond donors (Lipinski definition) is 2. The molecule has 5 heteroatoms. The molecule has 0 bridgehead atoms. The second-order valence-electron chi connectivity index (χ2n) is 6.04. The number of H-pyrrole nitrogens is 1. The number of terminal acetylenes is 1. The van der Waals surface area contributed by atoms with E-state index in [2.05, 4.69) is 15.9 Å². The smallest absolute Gasteiger partial charge is 0.250 e. The molecule has 0 unspecified atom stereocenters. The molecule has 0 aliphatic carbocycles. The normalized spacial score (nSPS) is 10.9. The second-order valence-corrected chi connectivity index (χ2v) is 6.04. The fraction of sp³-hybridized carbons (Fsp3) is 0.0476. The largest absolute Gasteiger partial charge is 0.366 e. The molecule has 126 valence electrons. The molecule has 4 nitrogen and oxygen atoms in total. The van der Waals surface area contributed by atoms with Gasteiger partial charge in [0.25, 0.3) is 5.91 Å². The Bertz CT molecular complexity index is 1200. The molecule has 2 aromatic carbocycles. The molecule has 0 saturated carbocycles. The number of nitrogens with zero attached hydrogens (tertiary/aromatic N) is 1. The Morgan fingerprint density at radius 1 is 1.27 bits per heavy atom. The number of pyridine rings is 1. The van der Waals surface area contributed by atoms with E-state index >= 15 is 0 Å². The summed E-state index contributed by atoms with van der Waals surface area (Å²) in [6.45, 7) is 0. The highest BCUT2D eigenvalue weighted by Gasteiger charge is 2.19. The fourth-order valence-electron chi connectivity index (χ4n) is 3.25. The number of hydrogen-bond acceptors (Lipinski definition) is 2. The number of halogens is 1. The third-order valence-electron chi connectivity index (χ3n) is 4.46. The standard InChI is InChI=1S/C21H14FN3O/c1-2-13-8-7-12(11-24-13)9-15-17(22)10-16(21(23)26)20-19(15)14-5-3-4-6-18(14)25-20/h1,3-8,10-11,25H,9H2,(H2,23,26). The number of primary amides is 1. The number of fused-ring (bicyclic) bond motifs is 3. The molecule has 1 amide bonds. The highest BCUT2D eigenvalue weighted by molar-refractivity contribution is 6.16. The van der Waals surface area contributed by atoms with Crippen LogP contribution in [0.5, 0.6) is 0 Å². The topological polar surface area (TPSA) is 71.8 Å². The summed E-state index contributed by atoms with van der Waals surface area (Å²) < 4.78 is 14.9. The van der Waals surface area contributed by atoms with Crippen LogP contribution in [0.25, 0.3) is 21.8 Å². The quantitative estimate of drug-likeness (QED) is 0.559. The summed E-state index contributed by atoms with van der Waals surface area (Å²) in [5.41, 5.74) is 8.78. The number of benzene rings is 2. The van der Waals surface area contributed by atoms with Crippen molar-refractivity contribution in [3.8, 4) is 12.3 Å². The fourth-order valence-corrected chi connectivity index (χ4v) is 3.25. The molecule has 4 rings (SSSR count). The highest BCUT2D eigenvalue weighted by atomic mass is 19.1. The first-order valence-corrected chi connectivity index (χ1v) is 8.01. The van der Waals surface area contributed by atoms with Gasteiger partial charge in [0, 0.05) is 34.5 Å². The van der Waals surface area contributed by atoms with E-state index in [0.29, 0.717) is 28.6 Å². The zero-order valence-corrected chi connectivity index (χ0v) is 13.7. The summed E-state index contributed by atoms with van der Waals surface area (Å²) in [5.74, 6) is 1.31. The first kappa shape index (κ1) is 15.9. The Hall–Kier alpha value is -3.65. The average Bonchev–Trinajstić information content (AvgIpc) is 3.03. The van der Waals surface area contributed by atoms with Gasteiger partial charge in [0.2, 0.25) is 0 Å². The highest BCUT2D eigenvalue weighted by Crippen LogP contribution is 2.33. The van der Waals surface area contributed by atoms with Gasteiger partial charge in [-0.05, 0) is 23.8 Å². The van der Waals surface area contributed by atoms with E-state index in [4.69, 9.17) is 12.2 Å². The molecule has 2 aromatic heterocycles. The van der Waals surface area contributed by atoms with Crippen LogP contribution in [0.2, 0.25) is 0 Å². The summed E-state index contributed by atoms with van der Waals surface area (Å²) in [4.78, 5) is 19.1. The third-order valence-corrected chi connectivity index (χ3v) is 4.46. The minimum atomic E-state index is -0.674. The molecular weight excluding hydrogens is 329 g/mol. The van der Waals surface area contributed by atoms with E-state index in [-0.39, 0.29) is 5.56 Å². The van der Waals surface area contributed by atoms with Gasteiger partial charge in [-0.15, -0.1) is 6.42 Å². The molecule has 0 aliphatic heterocycles. The molecule has 26 heavy (non-hydrogen) atoms. The van der Waals surface area contributed by atoms with Crippen LogP contribution >= 0.6 is 0 Å². The van der Waals surface area contributed by atoms with E-state index in [1.165, 1.54) is 6.07 Å². The van der Waals surface area contributed by atoms with Crippen LogP contribution in [0.4, 0.5) is 4.39 Å². The van der Waals surface area contributed by atoms with Gasteiger partial charge in [-0.1, -0.05) is 30.2 Å². The van der Waals surface area contributed by atoms with E-state index < -0.39 is 11.7 Å². The van der Waals surface area contributed by atoms with Gasteiger partial charge in [0.1, 0.15) is 11.5 Å². The summed E-state index contributed by atoms with van der Waals surface area (Å²) in [6.07, 6.45) is 7.28. The number of rotatable bonds is 3. The predicted molar refractivity (Wildman–Crippen MR) is 99.3 cm³/mol. The number of aromatic amines is 1. The number of aromatic nitrogens is 2. The lowest BCUT2D eigenvalue weighted by Crippen LogP contribution is -2.13. The molecule has 2 heterocycles. The first-order valence-electron chi connectivity index (χ1n) is 8.01. The third kappa shape index (κ3) is 2.49. The van der Waals surface area contributed by atoms with Gasteiger partial charge >= 0.3 is 0 Å². The van der Waals surface area contributed by atoms with Crippen LogP contribution in [-0.4, -0.2) is 15.9 Å². The lowest BCUT2D eigenvalue weighted by molar-refractivity contribution is 0.100. The van der Waals surface area contributed by atoms with Crippen molar-refractivity contribution in [2.45, 2.75) is 6.42 Å². The van der Waals surface area contributed by atoms with Gasteiger partial charge in [-0.25, -0.2) is 9.37 Å². The Kier molecular flexibility index (Phi) is 3.67. The van der Waals surface area contributed by atoms with Crippen molar-refractivity contribution in [2.75, 3.05) is 0 Å².